The molecule has 2 rings (SSSR count). The van der Waals surface area contributed by atoms with Crippen molar-refractivity contribution >= 4 is 5.82 Å². The molecule has 0 atom stereocenters. The Morgan fingerprint density at radius 1 is 1.26 bits per heavy atom. The lowest BCUT2D eigenvalue weighted by Gasteiger charge is -2.20. The first-order chi connectivity index (χ1) is 9.28. The molecule has 0 unspecified atom stereocenters. The van der Waals surface area contributed by atoms with E-state index < -0.39 is 0 Å². The Bertz CT molecular complexity index is 359. The summed E-state index contributed by atoms with van der Waals surface area (Å²) < 4.78 is 0. The van der Waals surface area contributed by atoms with Crippen LogP contribution < -0.4 is 5.32 Å². The zero-order chi connectivity index (χ0) is 13.5. The number of likely N-dealkylation sites (N-methyl/N-ethyl adjacent to an activating group) is 1. The summed E-state index contributed by atoms with van der Waals surface area (Å²) in [5, 5.41) is 3.16. The van der Waals surface area contributed by atoms with Crippen LogP contribution in [0.2, 0.25) is 0 Å². The van der Waals surface area contributed by atoms with E-state index in [-0.39, 0.29) is 0 Å². The van der Waals surface area contributed by atoms with Crippen LogP contribution in [0.25, 0.3) is 0 Å². The van der Waals surface area contributed by atoms with E-state index in [0.29, 0.717) is 0 Å². The zero-order valence-electron chi connectivity index (χ0n) is 12.1. The van der Waals surface area contributed by atoms with Gasteiger partial charge in [0, 0.05) is 26.2 Å². The molecule has 1 fully saturated rings. The summed E-state index contributed by atoms with van der Waals surface area (Å²) in [5.41, 5.74) is 1.03. The molecule has 0 bridgehead atoms. The van der Waals surface area contributed by atoms with Gasteiger partial charge in [-0.25, -0.2) is 4.98 Å². The highest BCUT2D eigenvalue weighted by atomic mass is 15.2. The van der Waals surface area contributed by atoms with E-state index in [1.165, 1.54) is 32.5 Å². The van der Waals surface area contributed by atoms with Gasteiger partial charge in [-0.3, -0.25) is 9.88 Å². The SMILES string of the molecule is CCNc1cnc(CN(C)CCN2CCCC2)cn1. The van der Waals surface area contributed by atoms with Gasteiger partial charge in [0.05, 0.1) is 18.1 Å². The first-order valence-electron chi connectivity index (χ1n) is 7.23. The first-order valence-corrected chi connectivity index (χ1v) is 7.23. The van der Waals surface area contributed by atoms with Crippen molar-refractivity contribution in [3.05, 3.63) is 18.1 Å². The fourth-order valence-corrected chi connectivity index (χ4v) is 2.38. The molecule has 19 heavy (non-hydrogen) atoms. The lowest BCUT2D eigenvalue weighted by atomic mass is 10.4. The molecule has 0 aliphatic carbocycles. The fourth-order valence-electron chi connectivity index (χ4n) is 2.38. The topological polar surface area (TPSA) is 44.3 Å². The quantitative estimate of drug-likeness (QED) is 0.806. The van der Waals surface area contributed by atoms with E-state index in [2.05, 4.69) is 39.1 Å². The number of likely N-dealkylation sites (tertiary alicyclic amines) is 1. The summed E-state index contributed by atoms with van der Waals surface area (Å²) in [6, 6.07) is 0. The Labute approximate surface area is 116 Å². The number of aromatic nitrogens is 2. The van der Waals surface area contributed by atoms with Gasteiger partial charge >= 0.3 is 0 Å². The normalized spacial score (nSPS) is 16.2. The monoisotopic (exact) mass is 263 g/mol. The van der Waals surface area contributed by atoms with Crippen LogP contribution in [0, 0.1) is 0 Å². The molecule has 106 valence electrons. The van der Waals surface area contributed by atoms with Crippen molar-refractivity contribution in [1.29, 1.82) is 0 Å². The summed E-state index contributed by atoms with van der Waals surface area (Å²) in [6.07, 6.45) is 6.40. The largest absolute Gasteiger partial charge is 0.369 e. The second-order valence-corrected chi connectivity index (χ2v) is 5.21. The van der Waals surface area contributed by atoms with Crippen molar-refractivity contribution in [3.63, 3.8) is 0 Å². The number of anilines is 1. The molecular formula is C14H25N5. The average Bonchev–Trinajstić information content (AvgIpc) is 2.92. The second-order valence-electron chi connectivity index (χ2n) is 5.21. The molecule has 1 saturated heterocycles. The summed E-state index contributed by atoms with van der Waals surface area (Å²) >= 11 is 0. The second kappa shape index (κ2) is 7.40. The fraction of sp³-hybridized carbons (Fsp3) is 0.714. The maximum atomic E-state index is 4.44. The van der Waals surface area contributed by atoms with Crippen molar-refractivity contribution in [2.24, 2.45) is 0 Å². The van der Waals surface area contributed by atoms with Gasteiger partial charge in [0.1, 0.15) is 5.82 Å². The van der Waals surface area contributed by atoms with Crippen LogP contribution in [-0.4, -0.2) is 59.5 Å². The molecule has 1 N–H and O–H groups in total. The molecule has 2 heterocycles. The smallest absolute Gasteiger partial charge is 0.144 e. The molecule has 0 spiro atoms. The maximum absolute atomic E-state index is 4.44. The molecule has 5 nitrogen and oxygen atoms in total. The molecular weight excluding hydrogens is 238 g/mol. The van der Waals surface area contributed by atoms with Gasteiger partial charge in [-0.2, -0.15) is 0 Å². The molecule has 1 aliphatic rings. The summed E-state index contributed by atoms with van der Waals surface area (Å²) in [5.74, 6) is 0.853. The van der Waals surface area contributed by atoms with Crippen molar-refractivity contribution in [1.82, 2.24) is 19.8 Å². The van der Waals surface area contributed by atoms with Crippen molar-refractivity contribution < 1.29 is 0 Å². The highest BCUT2D eigenvalue weighted by Gasteiger charge is 2.12. The molecule has 1 aromatic rings. The lowest BCUT2D eigenvalue weighted by Crippen LogP contribution is -2.31. The first kappa shape index (κ1) is 14.2. The number of nitrogens with one attached hydrogen (secondary N) is 1. The Hall–Kier alpha value is -1.20. The minimum Gasteiger partial charge on any atom is -0.369 e. The van der Waals surface area contributed by atoms with Crippen LogP contribution in [0.4, 0.5) is 5.82 Å². The standard InChI is InChI=1S/C14H25N5/c1-3-15-14-11-16-13(10-17-14)12-18(2)8-9-19-6-4-5-7-19/h10-11H,3-9,12H2,1-2H3,(H,15,17). The molecule has 0 saturated carbocycles. The Balaban J connectivity index is 1.72. The van der Waals surface area contributed by atoms with Gasteiger partial charge in [-0.05, 0) is 39.9 Å². The van der Waals surface area contributed by atoms with Crippen LogP contribution in [0.15, 0.2) is 12.4 Å². The minimum absolute atomic E-state index is 0.853. The molecule has 0 amide bonds. The number of nitrogens with zero attached hydrogens (tertiary/aromatic N) is 4. The summed E-state index contributed by atoms with van der Waals surface area (Å²) in [7, 11) is 2.15. The van der Waals surface area contributed by atoms with Gasteiger partial charge in [0.25, 0.3) is 0 Å². The summed E-state index contributed by atoms with van der Waals surface area (Å²) in [6.45, 7) is 8.60. The van der Waals surface area contributed by atoms with Crippen LogP contribution in [0.5, 0.6) is 0 Å². The third-order valence-electron chi connectivity index (χ3n) is 3.49. The van der Waals surface area contributed by atoms with Gasteiger partial charge < -0.3 is 10.2 Å². The zero-order valence-corrected chi connectivity index (χ0v) is 12.1. The maximum Gasteiger partial charge on any atom is 0.144 e. The molecule has 1 aromatic heterocycles. The van der Waals surface area contributed by atoms with E-state index in [1.807, 2.05) is 12.4 Å². The van der Waals surface area contributed by atoms with E-state index in [9.17, 15) is 0 Å². The Kier molecular flexibility index (Phi) is 5.54. The van der Waals surface area contributed by atoms with Gasteiger partial charge in [0.2, 0.25) is 0 Å². The predicted molar refractivity (Wildman–Crippen MR) is 78.2 cm³/mol. The average molecular weight is 263 g/mol. The van der Waals surface area contributed by atoms with Gasteiger partial charge in [-0.15, -0.1) is 0 Å². The van der Waals surface area contributed by atoms with E-state index in [4.69, 9.17) is 0 Å². The molecule has 0 aromatic carbocycles. The molecule has 0 radical (unpaired) electrons. The number of hydrogen-bond donors (Lipinski definition) is 1. The van der Waals surface area contributed by atoms with E-state index in [0.717, 1.165) is 31.1 Å². The van der Waals surface area contributed by atoms with Crippen molar-refractivity contribution in [2.45, 2.75) is 26.3 Å². The van der Waals surface area contributed by atoms with E-state index >= 15 is 0 Å². The Morgan fingerprint density at radius 3 is 2.68 bits per heavy atom. The predicted octanol–water partition coefficient (Wildman–Crippen LogP) is 1.44. The minimum atomic E-state index is 0.853. The van der Waals surface area contributed by atoms with E-state index in [1.54, 1.807) is 0 Å². The summed E-state index contributed by atoms with van der Waals surface area (Å²) in [4.78, 5) is 13.6. The Morgan fingerprint density at radius 2 is 2.05 bits per heavy atom. The van der Waals surface area contributed by atoms with Gasteiger partial charge in [0.15, 0.2) is 0 Å². The molecule has 5 heteroatoms. The van der Waals surface area contributed by atoms with Crippen LogP contribution >= 0.6 is 0 Å². The highest BCUT2D eigenvalue weighted by Crippen LogP contribution is 2.07. The third kappa shape index (κ3) is 4.76. The van der Waals surface area contributed by atoms with Crippen molar-refractivity contribution in [2.75, 3.05) is 45.1 Å². The third-order valence-corrected chi connectivity index (χ3v) is 3.49. The number of hydrogen-bond acceptors (Lipinski definition) is 5. The van der Waals surface area contributed by atoms with Crippen LogP contribution in [-0.2, 0) is 6.54 Å². The van der Waals surface area contributed by atoms with Gasteiger partial charge in [-0.1, -0.05) is 0 Å². The van der Waals surface area contributed by atoms with Crippen LogP contribution in [0.3, 0.4) is 0 Å². The highest BCUT2D eigenvalue weighted by molar-refractivity contribution is 5.30. The van der Waals surface area contributed by atoms with Crippen molar-refractivity contribution in [3.8, 4) is 0 Å². The van der Waals surface area contributed by atoms with Crippen LogP contribution in [0.1, 0.15) is 25.5 Å². The number of rotatable bonds is 7. The molecule has 1 aliphatic heterocycles. The lowest BCUT2D eigenvalue weighted by molar-refractivity contribution is 0.250.